The molecule has 4 heteroatoms. The molecule has 6 N–H and O–H groups in total. The van der Waals surface area contributed by atoms with E-state index in [1.807, 2.05) is 6.92 Å². The first-order valence-corrected chi connectivity index (χ1v) is 5.58. The van der Waals surface area contributed by atoms with Gasteiger partial charge < -0.3 is 17.2 Å². The molecule has 0 bridgehead atoms. The lowest BCUT2D eigenvalue weighted by atomic mass is 9.95. The second kappa shape index (κ2) is 3.84. The van der Waals surface area contributed by atoms with Crippen molar-refractivity contribution in [3.63, 3.8) is 0 Å². The molecular weight excluding hydrogens is 289 g/mol. The molecule has 0 heterocycles. The summed E-state index contributed by atoms with van der Waals surface area (Å²) in [6.45, 7) is 6.10. The zero-order chi connectivity index (χ0) is 11.0. The Kier molecular flexibility index (Phi) is 3.14. The molecule has 1 aromatic carbocycles. The Balaban J connectivity index is 3.60. The average Bonchev–Trinajstić information content (AvgIpc) is 2.11. The van der Waals surface area contributed by atoms with Crippen LogP contribution < -0.4 is 17.2 Å². The predicted octanol–water partition coefficient (Wildman–Crippen LogP) is 2.47. The van der Waals surface area contributed by atoms with Crippen LogP contribution >= 0.6 is 22.6 Å². The summed E-state index contributed by atoms with van der Waals surface area (Å²) in [6.07, 6.45) is 0. The van der Waals surface area contributed by atoms with Crippen molar-refractivity contribution >= 4 is 39.7 Å². The molecule has 0 aliphatic rings. The van der Waals surface area contributed by atoms with Crippen molar-refractivity contribution in [3.05, 3.63) is 14.7 Å². The van der Waals surface area contributed by atoms with E-state index in [1.165, 1.54) is 0 Å². The minimum atomic E-state index is 0.299. The summed E-state index contributed by atoms with van der Waals surface area (Å²) in [4.78, 5) is 0. The summed E-state index contributed by atoms with van der Waals surface area (Å²) in [7, 11) is 0. The monoisotopic (exact) mass is 305 g/mol. The lowest BCUT2D eigenvalue weighted by Gasteiger charge is -2.18. The Morgan fingerprint density at radius 2 is 1.50 bits per heavy atom. The maximum atomic E-state index is 6.01. The Morgan fingerprint density at radius 1 is 1.00 bits per heavy atom. The molecule has 0 aromatic heterocycles. The van der Waals surface area contributed by atoms with Gasteiger partial charge in [-0.15, -0.1) is 0 Å². The van der Waals surface area contributed by atoms with Crippen LogP contribution in [0, 0.1) is 10.5 Å². The molecule has 14 heavy (non-hydrogen) atoms. The van der Waals surface area contributed by atoms with E-state index in [9.17, 15) is 0 Å². The fourth-order valence-electron chi connectivity index (χ4n) is 1.55. The fraction of sp³-hybridized carbons (Fsp3) is 0.400. The topological polar surface area (TPSA) is 78.1 Å². The first-order chi connectivity index (χ1) is 6.37. The standard InChI is InChI=1S/C10H16IN3/c1-4(2)6-8(12)5(3)7(11)10(14)9(6)13/h4H,12-14H2,1-3H3. The summed E-state index contributed by atoms with van der Waals surface area (Å²) in [5.41, 5.74) is 21.9. The number of nitrogens with two attached hydrogens (primary N) is 3. The Labute approximate surface area is 98.2 Å². The number of halogens is 1. The molecule has 0 aliphatic carbocycles. The molecule has 0 spiro atoms. The van der Waals surface area contributed by atoms with Gasteiger partial charge in [0.05, 0.1) is 11.4 Å². The predicted molar refractivity (Wildman–Crippen MR) is 71.2 cm³/mol. The van der Waals surface area contributed by atoms with Crippen LogP contribution in [0.4, 0.5) is 17.1 Å². The van der Waals surface area contributed by atoms with Gasteiger partial charge in [-0.3, -0.25) is 0 Å². The quantitative estimate of drug-likeness (QED) is 0.551. The smallest absolute Gasteiger partial charge is 0.0690 e. The highest BCUT2D eigenvalue weighted by atomic mass is 127. The molecule has 0 saturated heterocycles. The number of hydrogen-bond acceptors (Lipinski definition) is 3. The summed E-state index contributed by atoms with van der Waals surface area (Å²) < 4.78 is 0.960. The first-order valence-electron chi connectivity index (χ1n) is 4.50. The van der Waals surface area contributed by atoms with Crippen molar-refractivity contribution < 1.29 is 0 Å². The van der Waals surface area contributed by atoms with E-state index in [2.05, 4.69) is 36.4 Å². The Bertz CT molecular complexity index is 343. The average molecular weight is 305 g/mol. The SMILES string of the molecule is Cc1c(N)c(C(C)C)c(N)c(N)c1I. The number of nitrogen functional groups attached to an aromatic ring is 3. The van der Waals surface area contributed by atoms with Gasteiger partial charge in [0.2, 0.25) is 0 Å². The van der Waals surface area contributed by atoms with Crippen LogP contribution in [-0.4, -0.2) is 0 Å². The van der Waals surface area contributed by atoms with E-state index in [0.717, 1.165) is 20.4 Å². The van der Waals surface area contributed by atoms with Gasteiger partial charge in [0.1, 0.15) is 0 Å². The normalized spacial score (nSPS) is 10.9. The Morgan fingerprint density at radius 3 is 1.93 bits per heavy atom. The van der Waals surface area contributed by atoms with E-state index in [1.54, 1.807) is 0 Å². The summed E-state index contributed by atoms with van der Waals surface area (Å²) >= 11 is 2.18. The van der Waals surface area contributed by atoms with E-state index in [0.29, 0.717) is 17.3 Å². The molecule has 0 atom stereocenters. The highest BCUT2D eigenvalue weighted by molar-refractivity contribution is 14.1. The molecule has 0 unspecified atom stereocenters. The summed E-state index contributed by atoms with van der Waals surface area (Å²) in [5.74, 6) is 0.299. The lowest BCUT2D eigenvalue weighted by Crippen LogP contribution is -2.09. The minimum Gasteiger partial charge on any atom is -0.398 e. The van der Waals surface area contributed by atoms with Crippen molar-refractivity contribution in [2.75, 3.05) is 17.2 Å². The molecule has 0 amide bonds. The largest absolute Gasteiger partial charge is 0.398 e. The third-order valence-electron chi connectivity index (χ3n) is 2.42. The molecule has 78 valence electrons. The van der Waals surface area contributed by atoms with Crippen molar-refractivity contribution in [2.45, 2.75) is 26.7 Å². The van der Waals surface area contributed by atoms with Gasteiger partial charge in [-0.05, 0) is 41.0 Å². The number of anilines is 3. The zero-order valence-corrected chi connectivity index (χ0v) is 10.8. The second-order valence-corrected chi connectivity index (χ2v) is 4.83. The number of hydrogen-bond donors (Lipinski definition) is 3. The Hall–Kier alpha value is -0.650. The molecule has 0 saturated carbocycles. The molecular formula is C10H16IN3. The van der Waals surface area contributed by atoms with Crippen LogP contribution in [0.15, 0.2) is 0 Å². The molecule has 1 rings (SSSR count). The van der Waals surface area contributed by atoms with E-state index < -0.39 is 0 Å². The first kappa shape index (κ1) is 11.4. The van der Waals surface area contributed by atoms with E-state index in [4.69, 9.17) is 17.2 Å². The molecule has 3 nitrogen and oxygen atoms in total. The van der Waals surface area contributed by atoms with Crippen LogP contribution in [0.2, 0.25) is 0 Å². The van der Waals surface area contributed by atoms with Crippen LogP contribution in [-0.2, 0) is 0 Å². The maximum absolute atomic E-state index is 6.01. The van der Waals surface area contributed by atoms with Gasteiger partial charge in [-0.2, -0.15) is 0 Å². The fourth-order valence-corrected chi connectivity index (χ4v) is 2.13. The van der Waals surface area contributed by atoms with Gasteiger partial charge in [0.25, 0.3) is 0 Å². The highest BCUT2D eigenvalue weighted by Crippen LogP contribution is 2.38. The highest BCUT2D eigenvalue weighted by Gasteiger charge is 2.17. The lowest BCUT2D eigenvalue weighted by molar-refractivity contribution is 0.871. The second-order valence-electron chi connectivity index (χ2n) is 3.75. The van der Waals surface area contributed by atoms with Gasteiger partial charge in [-0.25, -0.2) is 0 Å². The molecule has 0 aliphatic heterocycles. The van der Waals surface area contributed by atoms with Crippen LogP contribution in [0.5, 0.6) is 0 Å². The number of benzene rings is 1. The third-order valence-corrected chi connectivity index (χ3v) is 3.81. The van der Waals surface area contributed by atoms with Gasteiger partial charge in [0, 0.05) is 14.8 Å². The summed E-state index contributed by atoms with van der Waals surface area (Å²) in [5, 5.41) is 0. The van der Waals surface area contributed by atoms with Crippen molar-refractivity contribution in [2.24, 2.45) is 0 Å². The van der Waals surface area contributed by atoms with Gasteiger partial charge in [0.15, 0.2) is 0 Å². The number of rotatable bonds is 1. The van der Waals surface area contributed by atoms with E-state index in [-0.39, 0.29) is 0 Å². The van der Waals surface area contributed by atoms with Crippen LogP contribution in [0.1, 0.15) is 30.9 Å². The minimum absolute atomic E-state index is 0.299. The molecule has 0 radical (unpaired) electrons. The van der Waals surface area contributed by atoms with Crippen LogP contribution in [0.3, 0.4) is 0 Å². The molecule has 0 fully saturated rings. The molecule has 1 aromatic rings. The van der Waals surface area contributed by atoms with Crippen molar-refractivity contribution in [3.8, 4) is 0 Å². The van der Waals surface area contributed by atoms with E-state index >= 15 is 0 Å². The zero-order valence-electron chi connectivity index (χ0n) is 8.69. The van der Waals surface area contributed by atoms with Crippen molar-refractivity contribution in [1.82, 2.24) is 0 Å². The van der Waals surface area contributed by atoms with Gasteiger partial charge >= 0.3 is 0 Å². The van der Waals surface area contributed by atoms with Crippen molar-refractivity contribution in [1.29, 1.82) is 0 Å². The summed E-state index contributed by atoms with van der Waals surface area (Å²) in [6, 6.07) is 0. The van der Waals surface area contributed by atoms with Crippen LogP contribution in [0.25, 0.3) is 0 Å². The van der Waals surface area contributed by atoms with Gasteiger partial charge in [-0.1, -0.05) is 13.8 Å². The third kappa shape index (κ3) is 1.63. The maximum Gasteiger partial charge on any atom is 0.0690 e.